The highest BCUT2D eigenvalue weighted by Crippen LogP contribution is 2.20. The predicted octanol–water partition coefficient (Wildman–Crippen LogP) is -0.571. The van der Waals surface area contributed by atoms with Crippen molar-refractivity contribution >= 4 is 20.0 Å². The summed E-state index contributed by atoms with van der Waals surface area (Å²) < 4.78 is 61.9. The molecular formula is C12H26N2O6S2. The van der Waals surface area contributed by atoms with Gasteiger partial charge in [-0.2, -0.15) is 0 Å². The van der Waals surface area contributed by atoms with Gasteiger partial charge in [-0.15, -0.1) is 0 Å². The summed E-state index contributed by atoms with van der Waals surface area (Å²) in [4.78, 5) is 0. The molecule has 2 atom stereocenters. The van der Waals surface area contributed by atoms with Crippen molar-refractivity contribution in [1.82, 2.24) is 9.44 Å². The third-order valence-corrected chi connectivity index (χ3v) is 5.49. The summed E-state index contributed by atoms with van der Waals surface area (Å²) in [5.41, 5.74) is 0. The minimum atomic E-state index is -3.51. The second kappa shape index (κ2) is 9.14. The Kier molecular flexibility index (Phi) is 8.22. The fourth-order valence-corrected chi connectivity index (χ4v) is 4.42. The van der Waals surface area contributed by atoms with Gasteiger partial charge in [-0.3, -0.25) is 0 Å². The summed E-state index contributed by atoms with van der Waals surface area (Å²) in [6.07, 6.45) is 4.09. The average Bonchev–Trinajstić information content (AvgIpc) is 2.39. The van der Waals surface area contributed by atoms with Gasteiger partial charge in [0, 0.05) is 19.2 Å². The first kappa shape index (κ1) is 19.8. The molecule has 0 aromatic carbocycles. The summed E-state index contributed by atoms with van der Waals surface area (Å²) in [7, 11) is -5.33. The molecule has 0 saturated heterocycles. The highest BCUT2D eigenvalue weighted by molar-refractivity contribution is 7.89. The maximum absolute atomic E-state index is 12.0. The highest BCUT2D eigenvalue weighted by atomic mass is 32.2. The molecular weight excluding hydrogens is 332 g/mol. The first-order chi connectivity index (χ1) is 10.2. The SMILES string of the molecule is COCCOCCS(=O)(=O)N[C@H]1CCCC[C@H]1NS(C)(=O)=O. The Morgan fingerprint density at radius 3 is 2.09 bits per heavy atom. The molecule has 0 aromatic rings. The van der Waals surface area contributed by atoms with Crippen molar-refractivity contribution in [2.24, 2.45) is 0 Å². The van der Waals surface area contributed by atoms with Crippen LogP contribution in [0, 0.1) is 0 Å². The zero-order chi connectivity index (χ0) is 16.6. The normalized spacial score (nSPS) is 23.5. The van der Waals surface area contributed by atoms with Crippen molar-refractivity contribution in [1.29, 1.82) is 0 Å². The van der Waals surface area contributed by atoms with Crippen LogP contribution in [0.15, 0.2) is 0 Å². The zero-order valence-corrected chi connectivity index (χ0v) is 14.7. The summed E-state index contributed by atoms with van der Waals surface area (Å²) in [5.74, 6) is -0.154. The van der Waals surface area contributed by atoms with E-state index in [2.05, 4.69) is 9.44 Å². The molecule has 22 heavy (non-hydrogen) atoms. The minimum absolute atomic E-state index is 0.0790. The van der Waals surface area contributed by atoms with Crippen LogP contribution in [-0.2, 0) is 29.5 Å². The summed E-state index contributed by atoms with van der Waals surface area (Å²) in [5, 5.41) is 0. The summed E-state index contributed by atoms with van der Waals surface area (Å²) in [6, 6.07) is -0.805. The summed E-state index contributed by atoms with van der Waals surface area (Å²) >= 11 is 0. The topological polar surface area (TPSA) is 111 Å². The molecule has 10 heteroatoms. The van der Waals surface area contributed by atoms with E-state index in [0.29, 0.717) is 26.1 Å². The molecule has 0 aliphatic heterocycles. The molecule has 8 nitrogen and oxygen atoms in total. The third-order valence-electron chi connectivity index (χ3n) is 3.39. The van der Waals surface area contributed by atoms with E-state index >= 15 is 0 Å². The van der Waals surface area contributed by atoms with Crippen LogP contribution < -0.4 is 9.44 Å². The molecule has 0 aromatic heterocycles. The number of ether oxygens (including phenoxy) is 2. The standard InChI is InChI=1S/C12H26N2O6S2/c1-19-7-8-20-9-10-22(17,18)14-12-6-4-3-5-11(12)13-21(2,15)16/h11-14H,3-10H2,1-2H3/t11-,12+/m1/s1. The van der Waals surface area contributed by atoms with Crippen LogP contribution in [0.1, 0.15) is 25.7 Å². The first-order valence-corrected chi connectivity index (χ1v) is 10.8. The van der Waals surface area contributed by atoms with E-state index < -0.39 is 32.1 Å². The van der Waals surface area contributed by atoms with E-state index in [1.165, 1.54) is 0 Å². The largest absolute Gasteiger partial charge is 0.382 e. The maximum Gasteiger partial charge on any atom is 0.214 e. The van der Waals surface area contributed by atoms with Gasteiger partial charge < -0.3 is 9.47 Å². The van der Waals surface area contributed by atoms with E-state index in [-0.39, 0.29) is 12.4 Å². The molecule has 1 aliphatic carbocycles. The van der Waals surface area contributed by atoms with Gasteiger partial charge in [0.1, 0.15) is 0 Å². The van der Waals surface area contributed by atoms with Gasteiger partial charge >= 0.3 is 0 Å². The number of sulfonamides is 2. The second-order valence-corrected chi connectivity index (χ2v) is 9.08. The van der Waals surface area contributed by atoms with E-state index in [9.17, 15) is 16.8 Å². The van der Waals surface area contributed by atoms with E-state index in [4.69, 9.17) is 9.47 Å². The Bertz CT molecular complexity index is 520. The van der Waals surface area contributed by atoms with Crippen LogP contribution in [0.3, 0.4) is 0 Å². The Morgan fingerprint density at radius 2 is 1.55 bits per heavy atom. The lowest BCUT2D eigenvalue weighted by Gasteiger charge is -2.31. The van der Waals surface area contributed by atoms with Gasteiger partial charge in [-0.1, -0.05) is 12.8 Å². The third kappa shape index (κ3) is 8.39. The molecule has 1 rings (SSSR count). The highest BCUT2D eigenvalue weighted by Gasteiger charge is 2.30. The first-order valence-electron chi connectivity index (χ1n) is 7.27. The van der Waals surface area contributed by atoms with Crippen LogP contribution in [0.4, 0.5) is 0 Å². The zero-order valence-electron chi connectivity index (χ0n) is 13.1. The smallest absolute Gasteiger partial charge is 0.214 e. The van der Waals surface area contributed by atoms with Gasteiger partial charge in [-0.05, 0) is 12.8 Å². The lowest BCUT2D eigenvalue weighted by Crippen LogP contribution is -2.53. The van der Waals surface area contributed by atoms with Crippen LogP contribution in [-0.4, -0.2) is 67.9 Å². The molecule has 0 spiro atoms. The molecule has 0 heterocycles. The minimum Gasteiger partial charge on any atom is -0.382 e. The number of hydrogen-bond donors (Lipinski definition) is 2. The van der Waals surface area contributed by atoms with Crippen molar-refractivity contribution in [2.75, 3.05) is 38.9 Å². The Hall–Kier alpha value is -0.260. The molecule has 132 valence electrons. The van der Waals surface area contributed by atoms with Gasteiger partial charge in [0.15, 0.2) is 0 Å². The van der Waals surface area contributed by atoms with Crippen LogP contribution in [0.5, 0.6) is 0 Å². The van der Waals surface area contributed by atoms with Crippen molar-refractivity contribution < 1.29 is 26.3 Å². The molecule has 0 radical (unpaired) electrons. The van der Waals surface area contributed by atoms with Crippen LogP contribution in [0.25, 0.3) is 0 Å². The Labute approximate surface area is 133 Å². The van der Waals surface area contributed by atoms with Crippen LogP contribution in [0.2, 0.25) is 0 Å². The van der Waals surface area contributed by atoms with E-state index in [0.717, 1.165) is 19.1 Å². The lowest BCUT2D eigenvalue weighted by atomic mass is 9.92. The van der Waals surface area contributed by atoms with Crippen molar-refractivity contribution in [2.45, 2.75) is 37.8 Å². The Morgan fingerprint density at radius 1 is 0.955 bits per heavy atom. The summed E-state index contributed by atoms with van der Waals surface area (Å²) in [6.45, 7) is 0.833. The number of hydrogen-bond acceptors (Lipinski definition) is 6. The molecule has 0 amide bonds. The lowest BCUT2D eigenvalue weighted by molar-refractivity contribution is 0.0784. The number of methoxy groups -OCH3 is 1. The van der Waals surface area contributed by atoms with Crippen molar-refractivity contribution in [3.63, 3.8) is 0 Å². The average molecular weight is 358 g/mol. The van der Waals surface area contributed by atoms with Crippen LogP contribution >= 0.6 is 0 Å². The number of rotatable bonds is 10. The molecule has 0 unspecified atom stereocenters. The number of nitrogens with one attached hydrogen (secondary N) is 2. The molecule has 0 bridgehead atoms. The monoisotopic (exact) mass is 358 g/mol. The predicted molar refractivity (Wildman–Crippen MR) is 83.6 cm³/mol. The second-order valence-electron chi connectivity index (χ2n) is 5.43. The van der Waals surface area contributed by atoms with Gasteiger partial charge in [0.05, 0.1) is 31.8 Å². The fraction of sp³-hybridized carbons (Fsp3) is 1.00. The van der Waals surface area contributed by atoms with Crippen molar-refractivity contribution in [3.05, 3.63) is 0 Å². The van der Waals surface area contributed by atoms with Gasteiger partial charge in [0.2, 0.25) is 20.0 Å². The molecule has 1 saturated carbocycles. The fourth-order valence-electron chi connectivity index (χ4n) is 2.39. The van der Waals surface area contributed by atoms with E-state index in [1.807, 2.05) is 0 Å². The Balaban J connectivity index is 2.50. The maximum atomic E-state index is 12.0. The molecule has 1 fully saturated rings. The van der Waals surface area contributed by atoms with Gasteiger partial charge in [0.25, 0.3) is 0 Å². The van der Waals surface area contributed by atoms with E-state index in [1.54, 1.807) is 7.11 Å². The molecule has 1 aliphatic rings. The molecule has 2 N–H and O–H groups in total. The quantitative estimate of drug-likeness (QED) is 0.506. The van der Waals surface area contributed by atoms with Crippen molar-refractivity contribution in [3.8, 4) is 0 Å². The van der Waals surface area contributed by atoms with Gasteiger partial charge in [-0.25, -0.2) is 26.3 Å².